The van der Waals surface area contributed by atoms with Crippen LogP contribution in [0.1, 0.15) is 16.4 Å². The molecule has 0 bridgehead atoms. The highest BCUT2D eigenvalue weighted by atomic mass is 32.1. The van der Waals surface area contributed by atoms with Crippen molar-refractivity contribution in [1.29, 1.82) is 0 Å². The highest BCUT2D eigenvalue weighted by molar-refractivity contribution is 7.09. The van der Waals surface area contributed by atoms with Gasteiger partial charge in [-0.15, -0.1) is 16.4 Å². The first kappa shape index (κ1) is 20.3. The van der Waals surface area contributed by atoms with Crippen LogP contribution in [0.15, 0.2) is 11.6 Å². The molecule has 0 saturated carbocycles. The standard InChI is InChI=1S/C12H17N5OS.C2HF3O2/c1-9-11-8-18-7-10(6-17(11)16-15-9)4-13-5-12-14-2-3-19-12;3-2(4,5)1(6)7/h2-3,10,13H,4-8H2,1H3;(H,6,7). The molecule has 8 nitrogen and oxygen atoms in total. The van der Waals surface area contributed by atoms with Crippen LogP contribution in [-0.4, -0.2) is 50.4 Å². The zero-order valence-corrected chi connectivity index (χ0v) is 14.7. The van der Waals surface area contributed by atoms with Crippen LogP contribution >= 0.6 is 11.3 Å². The molecule has 0 fully saturated rings. The number of hydrogen-bond acceptors (Lipinski definition) is 7. The number of rotatable bonds is 4. The maximum atomic E-state index is 10.6. The van der Waals surface area contributed by atoms with Crippen molar-refractivity contribution in [3.8, 4) is 0 Å². The van der Waals surface area contributed by atoms with Crippen LogP contribution in [0.2, 0.25) is 0 Å². The van der Waals surface area contributed by atoms with Crippen molar-refractivity contribution < 1.29 is 27.8 Å². The Morgan fingerprint density at radius 3 is 2.88 bits per heavy atom. The number of aryl methyl sites for hydroxylation is 1. The second-order valence-electron chi connectivity index (χ2n) is 5.54. The molecule has 1 atom stereocenters. The van der Waals surface area contributed by atoms with Crippen molar-refractivity contribution in [2.24, 2.45) is 5.92 Å². The van der Waals surface area contributed by atoms with Crippen LogP contribution in [0.3, 0.4) is 0 Å². The Balaban J connectivity index is 0.000000298. The van der Waals surface area contributed by atoms with E-state index in [1.807, 2.05) is 23.2 Å². The van der Waals surface area contributed by atoms with Crippen molar-refractivity contribution in [1.82, 2.24) is 25.3 Å². The smallest absolute Gasteiger partial charge is 0.475 e. The van der Waals surface area contributed by atoms with Gasteiger partial charge in [0.05, 0.1) is 24.6 Å². The molecule has 26 heavy (non-hydrogen) atoms. The molecule has 3 heterocycles. The number of carbonyl (C=O) groups is 1. The molecule has 1 aliphatic heterocycles. The molecule has 0 spiro atoms. The van der Waals surface area contributed by atoms with Gasteiger partial charge < -0.3 is 15.2 Å². The van der Waals surface area contributed by atoms with E-state index in [0.717, 1.165) is 42.6 Å². The normalized spacial score (nSPS) is 17.0. The average molecular weight is 393 g/mol. The van der Waals surface area contributed by atoms with Gasteiger partial charge in [0.1, 0.15) is 5.01 Å². The van der Waals surface area contributed by atoms with Gasteiger partial charge in [0, 0.05) is 37.1 Å². The summed E-state index contributed by atoms with van der Waals surface area (Å²) >= 11 is 1.67. The van der Waals surface area contributed by atoms with Gasteiger partial charge in [0.25, 0.3) is 0 Å². The van der Waals surface area contributed by atoms with E-state index in [2.05, 4.69) is 20.6 Å². The number of carboxylic acid groups (broad SMARTS) is 1. The van der Waals surface area contributed by atoms with E-state index in [9.17, 15) is 13.2 Å². The maximum Gasteiger partial charge on any atom is 0.490 e. The lowest BCUT2D eigenvalue weighted by molar-refractivity contribution is -0.192. The van der Waals surface area contributed by atoms with Crippen LogP contribution in [0, 0.1) is 12.8 Å². The number of thiazole rings is 1. The fraction of sp³-hybridized carbons (Fsp3) is 0.571. The van der Waals surface area contributed by atoms with E-state index >= 15 is 0 Å². The molecule has 0 saturated heterocycles. The van der Waals surface area contributed by atoms with E-state index in [0.29, 0.717) is 12.5 Å². The van der Waals surface area contributed by atoms with Gasteiger partial charge in [-0.3, -0.25) is 0 Å². The van der Waals surface area contributed by atoms with E-state index in [1.165, 1.54) is 0 Å². The Kier molecular flexibility index (Phi) is 7.06. The molecular weight excluding hydrogens is 375 g/mol. The summed E-state index contributed by atoms with van der Waals surface area (Å²) in [6.07, 6.45) is -3.25. The molecule has 2 aromatic rings. The van der Waals surface area contributed by atoms with Crippen molar-refractivity contribution >= 4 is 17.3 Å². The van der Waals surface area contributed by atoms with Gasteiger partial charge in [-0.2, -0.15) is 13.2 Å². The Morgan fingerprint density at radius 2 is 2.27 bits per heavy atom. The first-order valence-electron chi connectivity index (χ1n) is 7.63. The number of alkyl halides is 3. The number of ether oxygens (including phenoxy) is 1. The van der Waals surface area contributed by atoms with E-state index in [4.69, 9.17) is 14.6 Å². The lowest BCUT2D eigenvalue weighted by atomic mass is 10.1. The predicted molar refractivity (Wildman–Crippen MR) is 85.4 cm³/mol. The van der Waals surface area contributed by atoms with E-state index in [-0.39, 0.29) is 0 Å². The molecule has 2 aromatic heterocycles. The third kappa shape index (κ3) is 6.04. The topological polar surface area (TPSA) is 102 Å². The van der Waals surface area contributed by atoms with Crippen LogP contribution in [-0.2, 0) is 29.2 Å². The molecule has 1 unspecified atom stereocenters. The van der Waals surface area contributed by atoms with Gasteiger partial charge in [-0.25, -0.2) is 14.5 Å². The minimum atomic E-state index is -5.08. The summed E-state index contributed by atoms with van der Waals surface area (Å²) in [5, 5.41) is 21.9. The maximum absolute atomic E-state index is 10.6. The van der Waals surface area contributed by atoms with Crippen molar-refractivity contribution in [3.05, 3.63) is 28.0 Å². The summed E-state index contributed by atoms with van der Waals surface area (Å²) in [5.41, 5.74) is 2.07. The monoisotopic (exact) mass is 393 g/mol. The Hall–Kier alpha value is -2.05. The number of hydrogen-bond donors (Lipinski definition) is 2. The zero-order valence-electron chi connectivity index (χ0n) is 13.9. The van der Waals surface area contributed by atoms with Crippen molar-refractivity contribution in [3.63, 3.8) is 0 Å². The molecule has 1 aliphatic rings. The lowest BCUT2D eigenvalue weighted by Gasteiger charge is -2.14. The first-order valence-corrected chi connectivity index (χ1v) is 8.51. The third-order valence-corrected chi connectivity index (χ3v) is 4.27. The quantitative estimate of drug-likeness (QED) is 0.814. The number of carboxylic acids is 1. The van der Waals surface area contributed by atoms with Crippen LogP contribution in [0.5, 0.6) is 0 Å². The summed E-state index contributed by atoms with van der Waals surface area (Å²) in [4.78, 5) is 13.1. The van der Waals surface area contributed by atoms with Gasteiger partial charge >= 0.3 is 12.1 Å². The van der Waals surface area contributed by atoms with Crippen LogP contribution < -0.4 is 5.32 Å². The summed E-state index contributed by atoms with van der Waals surface area (Å²) < 4.78 is 39.4. The van der Waals surface area contributed by atoms with E-state index in [1.54, 1.807) is 11.3 Å². The van der Waals surface area contributed by atoms with Gasteiger partial charge in [-0.05, 0) is 6.92 Å². The Labute approximate surface area is 151 Å². The number of nitrogens with zero attached hydrogens (tertiary/aromatic N) is 4. The molecule has 2 N–H and O–H groups in total. The number of nitrogens with one attached hydrogen (secondary N) is 1. The SMILES string of the molecule is Cc1nnn2c1COCC(CNCc1nccs1)C2.O=C(O)C(F)(F)F. The molecule has 144 valence electrons. The summed E-state index contributed by atoms with van der Waals surface area (Å²) in [7, 11) is 0. The summed E-state index contributed by atoms with van der Waals surface area (Å²) in [6, 6.07) is 0. The molecule has 0 aliphatic carbocycles. The molecule has 12 heteroatoms. The van der Waals surface area contributed by atoms with Gasteiger partial charge in [-0.1, -0.05) is 5.21 Å². The molecule has 0 aromatic carbocycles. The predicted octanol–water partition coefficient (Wildman–Crippen LogP) is 1.61. The highest BCUT2D eigenvalue weighted by Gasteiger charge is 2.38. The first-order chi connectivity index (χ1) is 12.3. The fourth-order valence-corrected chi connectivity index (χ4v) is 2.80. The fourth-order valence-electron chi connectivity index (χ4n) is 2.21. The number of aliphatic carboxylic acids is 1. The summed E-state index contributed by atoms with van der Waals surface area (Å²) in [5.74, 6) is -2.34. The second kappa shape index (κ2) is 9.05. The molecule has 0 radical (unpaired) electrons. The molecular formula is C14H18F3N5O3S. The number of halogens is 3. The van der Waals surface area contributed by atoms with Gasteiger partial charge in [0.15, 0.2) is 0 Å². The second-order valence-corrected chi connectivity index (χ2v) is 6.52. The molecule has 0 amide bonds. The Bertz CT molecular complexity index is 705. The number of fused-ring (bicyclic) bond motifs is 1. The van der Waals surface area contributed by atoms with Gasteiger partial charge in [0.2, 0.25) is 0 Å². The van der Waals surface area contributed by atoms with Crippen molar-refractivity contribution in [2.45, 2.75) is 32.8 Å². The zero-order chi connectivity index (χ0) is 19.2. The van der Waals surface area contributed by atoms with Crippen LogP contribution in [0.25, 0.3) is 0 Å². The largest absolute Gasteiger partial charge is 0.490 e. The molecule has 3 rings (SSSR count). The van der Waals surface area contributed by atoms with Crippen molar-refractivity contribution in [2.75, 3.05) is 13.2 Å². The highest BCUT2D eigenvalue weighted by Crippen LogP contribution is 2.15. The average Bonchev–Trinajstić information content (AvgIpc) is 3.13. The lowest BCUT2D eigenvalue weighted by Crippen LogP contribution is -2.28. The van der Waals surface area contributed by atoms with E-state index < -0.39 is 12.1 Å². The minimum Gasteiger partial charge on any atom is -0.475 e. The minimum absolute atomic E-state index is 0.419. The Morgan fingerprint density at radius 1 is 1.54 bits per heavy atom. The van der Waals surface area contributed by atoms with Crippen LogP contribution in [0.4, 0.5) is 13.2 Å². The summed E-state index contributed by atoms with van der Waals surface area (Å²) in [6.45, 7) is 5.93. The third-order valence-electron chi connectivity index (χ3n) is 3.49. The number of aromatic nitrogens is 4.